The quantitative estimate of drug-likeness (QED) is 0.146. The number of fused-ring (bicyclic) bond motifs is 2. The van der Waals surface area contributed by atoms with Crippen molar-refractivity contribution in [3.8, 4) is 17.2 Å². The van der Waals surface area contributed by atoms with Crippen LogP contribution in [-0.2, 0) is 16.1 Å². The van der Waals surface area contributed by atoms with E-state index < -0.39 is 12.0 Å². The third-order valence-electron chi connectivity index (χ3n) is 7.87. The van der Waals surface area contributed by atoms with E-state index >= 15 is 0 Å². The number of nitrogens with zero attached hydrogens (tertiary/aromatic N) is 2. The fourth-order valence-electron chi connectivity index (χ4n) is 5.80. The lowest BCUT2D eigenvalue weighted by atomic mass is 9.95. The molecule has 1 aliphatic rings. The van der Waals surface area contributed by atoms with Gasteiger partial charge in [-0.1, -0.05) is 72.0 Å². The molecule has 0 aliphatic carbocycles. The van der Waals surface area contributed by atoms with Crippen LogP contribution in [0.4, 0.5) is 0 Å². The molecule has 0 unspecified atom stereocenters. The molecule has 1 atom stereocenters. The number of aromatic nitrogens is 1. The monoisotopic (exact) mass is 662 g/mol. The predicted octanol–water partition coefficient (Wildman–Crippen LogP) is 6.72. The summed E-state index contributed by atoms with van der Waals surface area (Å²) in [6, 6.07) is 26.8. The van der Waals surface area contributed by atoms with Crippen LogP contribution < -0.4 is 29.1 Å². The molecule has 1 aromatic heterocycles. The molecule has 0 saturated heterocycles. The van der Waals surface area contributed by atoms with Crippen LogP contribution in [0.15, 0.2) is 106 Å². The maximum Gasteiger partial charge on any atom is 0.338 e. The Labute approximate surface area is 283 Å². The molecule has 4 aromatic carbocycles. The van der Waals surface area contributed by atoms with Crippen LogP contribution in [0.5, 0.6) is 17.2 Å². The Morgan fingerprint density at radius 2 is 1.67 bits per heavy atom. The highest BCUT2D eigenvalue weighted by Crippen LogP contribution is 2.36. The lowest BCUT2D eigenvalue weighted by molar-refractivity contribution is -0.139. The zero-order chi connectivity index (χ0) is 33.8. The van der Waals surface area contributed by atoms with Crippen LogP contribution >= 0.6 is 11.3 Å². The molecule has 0 radical (unpaired) electrons. The van der Waals surface area contributed by atoms with Gasteiger partial charge in [0.1, 0.15) is 18.4 Å². The van der Waals surface area contributed by atoms with Crippen molar-refractivity contribution in [2.45, 2.75) is 53.4 Å². The first-order valence-electron chi connectivity index (χ1n) is 16.1. The van der Waals surface area contributed by atoms with E-state index in [1.165, 1.54) is 16.7 Å². The Bertz CT molecular complexity index is 2200. The zero-order valence-electron chi connectivity index (χ0n) is 27.7. The van der Waals surface area contributed by atoms with E-state index in [0.29, 0.717) is 56.6 Å². The highest BCUT2D eigenvalue weighted by atomic mass is 32.1. The number of hydrogen-bond acceptors (Lipinski definition) is 8. The van der Waals surface area contributed by atoms with Gasteiger partial charge >= 0.3 is 5.97 Å². The summed E-state index contributed by atoms with van der Waals surface area (Å²) in [6.07, 6.45) is 1.70. The Kier molecular flexibility index (Phi) is 9.77. The Morgan fingerprint density at radius 3 is 2.44 bits per heavy atom. The molecule has 2 heterocycles. The lowest BCUT2D eigenvalue weighted by Gasteiger charge is -2.26. The summed E-state index contributed by atoms with van der Waals surface area (Å²) in [7, 11) is 0. The van der Waals surface area contributed by atoms with E-state index in [1.807, 2.05) is 81.4 Å². The second-order valence-electron chi connectivity index (χ2n) is 11.6. The summed E-state index contributed by atoms with van der Waals surface area (Å²) in [4.78, 5) is 32.8. The van der Waals surface area contributed by atoms with Crippen LogP contribution in [0.25, 0.3) is 16.8 Å². The van der Waals surface area contributed by atoms with Crippen LogP contribution in [-0.4, -0.2) is 29.9 Å². The van der Waals surface area contributed by atoms with Crippen molar-refractivity contribution in [3.05, 3.63) is 133 Å². The summed E-state index contributed by atoms with van der Waals surface area (Å²) in [6.45, 7) is 10.3. The Morgan fingerprint density at radius 1 is 0.896 bits per heavy atom. The first-order valence-corrected chi connectivity index (χ1v) is 16.9. The smallest absolute Gasteiger partial charge is 0.338 e. The first kappa shape index (κ1) is 32.8. The molecule has 0 spiro atoms. The third kappa shape index (κ3) is 6.78. The lowest BCUT2D eigenvalue weighted by Crippen LogP contribution is -2.40. The van der Waals surface area contributed by atoms with Gasteiger partial charge in [0.05, 0.1) is 35.1 Å². The Hall–Kier alpha value is -5.15. The van der Waals surface area contributed by atoms with E-state index in [2.05, 4.69) is 30.3 Å². The molecule has 0 N–H and O–H groups in total. The van der Waals surface area contributed by atoms with Gasteiger partial charge in [0, 0.05) is 5.56 Å². The first-order chi connectivity index (χ1) is 23.3. The van der Waals surface area contributed by atoms with Crippen molar-refractivity contribution in [1.29, 1.82) is 0 Å². The van der Waals surface area contributed by atoms with Crippen LogP contribution in [0.2, 0.25) is 0 Å². The van der Waals surface area contributed by atoms with E-state index in [9.17, 15) is 9.59 Å². The summed E-state index contributed by atoms with van der Waals surface area (Å²) in [5, 5.41) is 2.33. The largest absolute Gasteiger partial charge is 0.491 e. The molecule has 5 aromatic rings. The number of para-hydroxylation sites is 1. The van der Waals surface area contributed by atoms with Crippen LogP contribution in [0.1, 0.15) is 57.4 Å². The van der Waals surface area contributed by atoms with E-state index in [1.54, 1.807) is 18.4 Å². The number of ether oxygens (including phenoxy) is 4. The highest BCUT2D eigenvalue weighted by Gasteiger charge is 2.35. The number of hydrogen-bond donors (Lipinski definition) is 0. The van der Waals surface area contributed by atoms with E-state index in [4.69, 9.17) is 23.9 Å². The molecule has 0 fully saturated rings. The van der Waals surface area contributed by atoms with Crippen molar-refractivity contribution in [1.82, 2.24) is 4.57 Å². The molecule has 246 valence electrons. The predicted molar refractivity (Wildman–Crippen MR) is 188 cm³/mol. The molecular weight excluding hydrogens is 625 g/mol. The summed E-state index contributed by atoms with van der Waals surface area (Å²) in [5.41, 5.74) is 3.03. The van der Waals surface area contributed by atoms with Gasteiger partial charge in [-0.15, -0.1) is 0 Å². The number of rotatable bonds is 11. The van der Waals surface area contributed by atoms with Gasteiger partial charge in [-0.2, -0.15) is 0 Å². The number of allylic oxidation sites excluding steroid dienone is 1. The van der Waals surface area contributed by atoms with Crippen LogP contribution in [0.3, 0.4) is 0 Å². The van der Waals surface area contributed by atoms with Gasteiger partial charge in [-0.3, -0.25) is 9.36 Å². The number of esters is 1. The minimum atomic E-state index is -0.776. The van der Waals surface area contributed by atoms with E-state index in [0.717, 1.165) is 16.5 Å². The minimum Gasteiger partial charge on any atom is -0.491 e. The van der Waals surface area contributed by atoms with Gasteiger partial charge in [0.15, 0.2) is 16.3 Å². The number of benzene rings is 4. The third-order valence-corrected chi connectivity index (χ3v) is 8.85. The topological polar surface area (TPSA) is 88.4 Å². The normalized spacial score (nSPS) is 14.5. The molecule has 48 heavy (non-hydrogen) atoms. The summed E-state index contributed by atoms with van der Waals surface area (Å²) < 4.78 is 25.8. The van der Waals surface area contributed by atoms with Crippen molar-refractivity contribution in [3.63, 3.8) is 0 Å². The van der Waals surface area contributed by atoms with E-state index in [-0.39, 0.29) is 18.3 Å². The van der Waals surface area contributed by atoms with Gasteiger partial charge in [0.25, 0.3) is 5.56 Å². The van der Waals surface area contributed by atoms with Crippen LogP contribution in [0, 0.1) is 0 Å². The fourth-order valence-corrected chi connectivity index (χ4v) is 6.84. The standard InChI is InChI=1S/C39H38N2O6S/c1-6-44-33-21-26(17-19-32(33)46-23-27-16-18-28-12-8-9-13-29(28)20-27)22-34-37(42)41-36(30-14-10-11-15-31(30)47-24(3)4)35(38(43)45-7-2)25(5)40-39(41)48-34/h8-22,24,36H,6-7,23H2,1-5H3/b34-22+/t36-/m1/s1. The number of carbonyl (C=O) groups excluding carboxylic acids is 1. The highest BCUT2D eigenvalue weighted by molar-refractivity contribution is 7.07. The zero-order valence-corrected chi connectivity index (χ0v) is 28.5. The van der Waals surface area contributed by atoms with Gasteiger partial charge in [0.2, 0.25) is 0 Å². The fraction of sp³-hybridized carbons (Fsp3) is 0.256. The van der Waals surface area contributed by atoms with Gasteiger partial charge in [-0.25, -0.2) is 9.79 Å². The van der Waals surface area contributed by atoms with Gasteiger partial charge in [-0.05, 0) is 86.9 Å². The molecule has 6 rings (SSSR count). The average molecular weight is 663 g/mol. The van der Waals surface area contributed by atoms with Crippen molar-refractivity contribution >= 4 is 34.2 Å². The van der Waals surface area contributed by atoms with Crippen molar-refractivity contribution in [2.75, 3.05) is 13.2 Å². The molecule has 0 bridgehead atoms. The average Bonchev–Trinajstić information content (AvgIpc) is 3.37. The molecule has 8 nitrogen and oxygen atoms in total. The summed E-state index contributed by atoms with van der Waals surface area (Å²) in [5.74, 6) is 1.26. The second-order valence-corrected chi connectivity index (χ2v) is 12.6. The minimum absolute atomic E-state index is 0.114. The number of carbonyl (C=O) groups is 1. The van der Waals surface area contributed by atoms with Crippen molar-refractivity contribution < 1.29 is 23.7 Å². The summed E-state index contributed by atoms with van der Waals surface area (Å²) >= 11 is 1.27. The maximum atomic E-state index is 14.2. The van der Waals surface area contributed by atoms with Gasteiger partial charge < -0.3 is 18.9 Å². The Balaban J connectivity index is 1.38. The number of thiazole rings is 1. The molecule has 9 heteroatoms. The second kappa shape index (κ2) is 14.3. The molecule has 0 amide bonds. The SMILES string of the molecule is CCOC(=O)C1=C(C)N=c2s/c(=C/c3ccc(OCc4ccc5ccccc5c4)c(OCC)c3)c(=O)n2[C@@H]1c1ccccc1OC(C)C. The molecule has 0 saturated carbocycles. The molecular formula is C39H38N2O6S. The maximum absolute atomic E-state index is 14.2. The molecule has 1 aliphatic heterocycles. The van der Waals surface area contributed by atoms with Crippen molar-refractivity contribution in [2.24, 2.45) is 4.99 Å².